The second-order valence-electron chi connectivity index (χ2n) is 5.13. The van der Waals surface area contributed by atoms with Crippen molar-refractivity contribution in [2.75, 3.05) is 0 Å². The fourth-order valence-electron chi connectivity index (χ4n) is 0.917. The molecule has 0 aromatic heterocycles. The van der Waals surface area contributed by atoms with E-state index >= 15 is 0 Å². The SMILES string of the molecule is CC(C)C(OC=O)OC(=O)[C@@H](N)C(C)(C)C. The first kappa shape index (κ1) is 14.9. The van der Waals surface area contributed by atoms with Crippen LogP contribution >= 0.6 is 0 Å². The van der Waals surface area contributed by atoms with Gasteiger partial charge in [-0.1, -0.05) is 34.6 Å². The smallest absolute Gasteiger partial charge is 0.326 e. The Bertz CT molecular complexity index is 245. The van der Waals surface area contributed by atoms with Crippen molar-refractivity contribution in [3.8, 4) is 0 Å². The number of ether oxygens (including phenoxy) is 2. The number of nitrogens with two attached hydrogens (primary N) is 1. The molecule has 0 bridgehead atoms. The first-order chi connectivity index (χ1) is 7.20. The highest BCUT2D eigenvalue weighted by Gasteiger charge is 2.31. The Hall–Kier alpha value is -1.10. The fraction of sp³-hybridized carbons (Fsp3) is 0.818. The summed E-state index contributed by atoms with van der Waals surface area (Å²) in [5, 5.41) is 0. The molecule has 0 spiro atoms. The van der Waals surface area contributed by atoms with Gasteiger partial charge in [0.2, 0.25) is 6.29 Å². The lowest BCUT2D eigenvalue weighted by Crippen LogP contribution is -2.45. The third kappa shape index (κ3) is 4.61. The first-order valence-corrected chi connectivity index (χ1v) is 5.25. The average molecular weight is 231 g/mol. The van der Waals surface area contributed by atoms with Crippen LogP contribution in [0.4, 0.5) is 0 Å². The molecule has 0 aliphatic heterocycles. The maximum atomic E-state index is 11.6. The van der Waals surface area contributed by atoms with E-state index in [-0.39, 0.29) is 17.8 Å². The molecule has 1 unspecified atom stereocenters. The third-order valence-electron chi connectivity index (χ3n) is 2.15. The Balaban J connectivity index is 4.46. The van der Waals surface area contributed by atoms with Crippen molar-refractivity contribution in [2.24, 2.45) is 17.1 Å². The molecule has 0 fully saturated rings. The summed E-state index contributed by atoms with van der Waals surface area (Å²) < 4.78 is 9.68. The van der Waals surface area contributed by atoms with E-state index in [2.05, 4.69) is 4.74 Å². The number of carbonyl (C=O) groups is 2. The van der Waals surface area contributed by atoms with Gasteiger partial charge >= 0.3 is 5.97 Å². The summed E-state index contributed by atoms with van der Waals surface area (Å²) in [5.41, 5.74) is 5.33. The van der Waals surface area contributed by atoms with Crippen LogP contribution in [-0.2, 0) is 19.1 Å². The van der Waals surface area contributed by atoms with Gasteiger partial charge in [-0.2, -0.15) is 0 Å². The molecule has 0 amide bonds. The summed E-state index contributed by atoms with van der Waals surface area (Å²) in [6, 6.07) is -0.746. The molecule has 0 aliphatic rings. The van der Waals surface area contributed by atoms with Crippen molar-refractivity contribution in [1.29, 1.82) is 0 Å². The van der Waals surface area contributed by atoms with Crippen molar-refractivity contribution in [3.05, 3.63) is 0 Å². The Kier molecular flexibility index (Phi) is 5.44. The molecule has 0 rings (SSSR count). The van der Waals surface area contributed by atoms with E-state index in [1.165, 1.54) is 0 Å². The Labute approximate surface area is 96.3 Å². The van der Waals surface area contributed by atoms with Gasteiger partial charge < -0.3 is 15.2 Å². The van der Waals surface area contributed by atoms with Crippen LogP contribution < -0.4 is 5.73 Å². The number of rotatable bonds is 5. The Morgan fingerprint density at radius 3 is 2.12 bits per heavy atom. The lowest BCUT2D eigenvalue weighted by molar-refractivity contribution is -0.190. The van der Waals surface area contributed by atoms with Crippen LogP contribution in [0, 0.1) is 11.3 Å². The zero-order valence-corrected chi connectivity index (χ0v) is 10.5. The standard InChI is InChI=1S/C11H21NO4/c1-7(2)10(15-6-13)16-9(14)8(12)11(3,4)5/h6-8,10H,12H2,1-5H3/t8-,10?/m1/s1. The van der Waals surface area contributed by atoms with Crippen LogP contribution in [0.2, 0.25) is 0 Å². The highest BCUT2D eigenvalue weighted by molar-refractivity contribution is 5.76. The molecule has 0 saturated carbocycles. The number of esters is 1. The van der Waals surface area contributed by atoms with E-state index in [1.54, 1.807) is 13.8 Å². The van der Waals surface area contributed by atoms with E-state index in [0.29, 0.717) is 0 Å². The van der Waals surface area contributed by atoms with Gasteiger partial charge in [0.25, 0.3) is 6.47 Å². The summed E-state index contributed by atoms with van der Waals surface area (Å²) in [7, 11) is 0. The van der Waals surface area contributed by atoms with E-state index in [1.807, 2.05) is 20.8 Å². The second-order valence-corrected chi connectivity index (χ2v) is 5.13. The Morgan fingerprint density at radius 2 is 1.81 bits per heavy atom. The van der Waals surface area contributed by atoms with E-state index in [4.69, 9.17) is 10.5 Å². The molecule has 2 N–H and O–H groups in total. The monoisotopic (exact) mass is 231 g/mol. The van der Waals surface area contributed by atoms with E-state index < -0.39 is 18.3 Å². The third-order valence-corrected chi connectivity index (χ3v) is 2.15. The van der Waals surface area contributed by atoms with Crippen LogP contribution in [0.3, 0.4) is 0 Å². The summed E-state index contributed by atoms with van der Waals surface area (Å²) >= 11 is 0. The predicted octanol–water partition coefficient (Wildman–Crippen LogP) is 1.06. The quantitative estimate of drug-likeness (QED) is 0.435. The van der Waals surface area contributed by atoms with Crippen LogP contribution in [0.15, 0.2) is 0 Å². The molecule has 0 aliphatic carbocycles. The maximum Gasteiger partial charge on any atom is 0.326 e. The van der Waals surface area contributed by atoms with Gasteiger partial charge in [-0.25, -0.2) is 0 Å². The zero-order valence-electron chi connectivity index (χ0n) is 10.5. The fourth-order valence-corrected chi connectivity index (χ4v) is 0.917. The second kappa shape index (κ2) is 5.84. The van der Waals surface area contributed by atoms with Gasteiger partial charge in [-0.15, -0.1) is 0 Å². The highest BCUT2D eigenvalue weighted by atomic mass is 16.7. The van der Waals surface area contributed by atoms with Crippen molar-refractivity contribution in [1.82, 2.24) is 0 Å². The van der Waals surface area contributed by atoms with E-state index in [0.717, 1.165) is 0 Å². The summed E-state index contributed by atoms with van der Waals surface area (Å²) in [6.07, 6.45) is -0.876. The molecule has 94 valence electrons. The van der Waals surface area contributed by atoms with Crippen LogP contribution in [-0.4, -0.2) is 24.8 Å². The molecule has 2 atom stereocenters. The van der Waals surface area contributed by atoms with Crippen molar-refractivity contribution in [2.45, 2.75) is 47.0 Å². The lowest BCUT2D eigenvalue weighted by Gasteiger charge is -2.27. The van der Waals surface area contributed by atoms with Crippen LogP contribution in [0.25, 0.3) is 0 Å². The molecule has 0 heterocycles. The minimum atomic E-state index is -0.876. The normalized spacial score (nSPS) is 15.4. The molecule has 5 heteroatoms. The minimum absolute atomic E-state index is 0.110. The number of hydrogen-bond acceptors (Lipinski definition) is 5. The van der Waals surface area contributed by atoms with Gasteiger partial charge in [-0.3, -0.25) is 9.59 Å². The highest BCUT2D eigenvalue weighted by Crippen LogP contribution is 2.19. The molecule has 0 radical (unpaired) electrons. The molecule has 0 aromatic carbocycles. The van der Waals surface area contributed by atoms with Crippen molar-refractivity contribution < 1.29 is 19.1 Å². The van der Waals surface area contributed by atoms with Gasteiger partial charge in [0.15, 0.2) is 0 Å². The molecule has 0 aromatic rings. The molecule has 5 nitrogen and oxygen atoms in total. The first-order valence-electron chi connectivity index (χ1n) is 5.25. The topological polar surface area (TPSA) is 78.6 Å². The predicted molar refractivity (Wildman–Crippen MR) is 59.3 cm³/mol. The number of hydrogen-bond donors (Lipinski definition) is 1. The lowest BCUT2D eigenvalue weighted by atomic mass is 9.87. The van der Waals surface area contributed by atoms with E-state index in [9.17, 15) is 9.59 Å². The molecular formula is C11H21NO4. The maximum absolute atomic E-state index is 11.6. The largest absolute Gasteiger partial charge is 0.427 e. The minimum Gasteiger partial charge on any atom is -0.427 e. The van der Waals surface area contributed by atoms with Gasteiger partial charge in [0, 0.05) is 5.92 Å². The van der Waals surface area contributed by atoms with Crippen LogP contribution in [0.1, 0.15) is 34.6 Å². The molecule has 0 saturated heterocycles. The molecular weight excluding hydrogens is 210 g/mol. The van der Waals surface area contributed by atoms with Crippen molar-refractivity contribution >= 4 is 12.4 Å². The van der Waals surface area contributed by atoms with Gasteiger partial charge in [0.05, 0.1) is 0 Å². The number of carbonyl (C=O) groups excluding carboxylic acids is 2. The van der Waals surface area contributed by atoms with Crippen molar-refractivity contribution in [3.63, 3.8) is 0 Å². The molecule has 16 heavy (non-hydrogen) atoms. The van der Waals surface area contributed by atoms with Gasteiger partial charge in [0.1, 0.15) is 6.04 Å². The van der Waals surface area contributed by atoms with Gasteiger partial charge in [-0.05, 0) is 5.41 Å². The zero-order chi connectivity index (χ0) is 12.9. The summed E-state index contributed by atoms with van der Waals surface area (Å²) in [6.45, 7) is 9.34. The average Bonchev–Trinajstić information content (AvgIpc) is 2.14. The van der Waals surface area contributed by atoms with Crippen LogP contribution in [0.5, 0.6) is 0 Å². The Morgan fingerprint density at radius 1 is 1.31 bits per heavy atom. The summed E-state index contributed by atoms with van der Waals surface area (Å²) in [4.78, 5) is 21.9. The summed E-state index contributed by atoms with van der Waals surface area (Å²) in [5.74, 6) is -0.672.